The predicted molar refractivity (Wildman–Crippen MR) is 47.0 cm³/mol. The van der Waals surface area contributed by atoms with Gasteiger partial charge in [0.05, 0.1) is 5.69 Å². The number of nitrogens with zero attached hydrogens (tertiary/aromatic N) is 1. The first-order valence-corrected chi connectivity index (χ1v) is 4.52. The van der Waals surface area contributed by atoms with Crippen LogP contribution in [0.25, 0.3) is 0 Å². The van der Waals surface area contributed by atoms with Crippen LogP contribution in [0.5, 0.6) is 0 Å². The van der Waals surface area contributed by atoms with Crippen molar-refractivity contribution in [1.29, 1.82) is 0 Å². The minimum absolute atomic E-state index is 0.322. The van der Waals surface area contributed by atoms with Gasteiger partial charge in [-0.1, -0.05) is 25.9 Å². The van der Waals surface area contributed by atoms with E-state index in [0.717, 1.165) is 6.42 Å². The van der Waals surface area contributed by atoms with Crippen molar-refractivity contribution in [3.63, 3.8) is 0 Å². The molecule has 0 aromatic carbocycles. The summed E-state index contributed by atoms with van der Waals surface area (Å²) in [4.78, 5) is 0. The molecule has 0 N–H and O–H groups in total. The van der Waals surface area contributed by atoms with Crippen LogP contribution in [0.2, 0.25) is 0 Å². The molecule has 0 amide bonds. The van der Waals surface area contributed by atoms with Gasteiger partial charge in [0.25, 0.3) is 0 Å². The smallest absolute Gasteiger partial charge is 0.127 e. The third kappa shape index (κ3) is 1.06. The summed E-state index contributed by atoms with van der Waals surface area (Å²) in [6, 6.07) is 0. The van der Waals surface area contributed by atoms with Crippen molar-refractivity contribution >= 4 is 0 Å². The summed E-state index contributed by atoms with van der Waals surface area (Å²) in [5, 5.41) is 4.07. The van der Waals surface area contributed by atoms with Crippen molar-refractivity contribution in [3.05, 3.63) is 17.5 Å². The molecule has 1 unspecified atom stereocenters. The molecule has 66 valence electrons. The highest BCUT2D eigenvalue weighted by molar-refractivity contribution is 5.26. The Morgan fingerprint density at radius 2 is 2.25 bits per heavy atom. The van der Waals surface area contributed by atoms with Gasteiger partial charge in [-0.3, -0.25) is 0 Å². The van der Waals surface area contributed by atoms with E-state index in [1.807, 2.05) is 0 Å². The van der Waals surface area contributed by atoms with Crippen LogP contribution in [0.1, 0.15) is 44.4 Å². The Morgan fingerprint density at radius 3 is 2.92 bits per heavy atom. The van der Waals surface area contributed by atoms with Crippen molar-refractivity contribution in [2.45, 2.75) is 39.5 Å². The molecule has 2 rings (SSSR count). The molecule has 0 saturated heterocycles. The Bertz CT molecular complexity index is 282. The molecule has 1 aromatic heterocycles. The normalized spacial score (nSPS) is 22.8. The summed E-state index contributed by atoms with van der Waals surface area (Å²) in [7, 11) is 0. The zero-order valence-electron chi connectivity index (χ0n) is 7.92. The van der Waals surface area contributed by atoms with Crippen LogP contribution < -0.4 is 0 Å². The summed E-state index contributed by atoms with van der Waals surface area (Å²) in [6.07, 6.45) is 4.17. The number of fused-ring (bicyclic) bond motifs is 1. The number of rotatable bonds is 0. The van der Waals surface area contributed by atoms with Crippen molar-refractivity contribution in [1.82, 2.24) is 5.16 Å². The lowest BCUT2D eigenvalue weighted by molar-refractivity contribution is 0.296. The third-order valence-electron chi connectivity index (χ3n) is 2.75. The van der Waals surface area contributed by atoms with Gasteiger partial charge in [0, 0.05) is 11.5 Å². The molecule has 1 heterocycles. The van der Waals surface area contributed by atoms with Crippen LogP contribution in [0.15, 0.2) is 10.8 Å². The molecule has 0 saturated carbocycles. The van der Waals surface area contributed by atoms with Gasteiger partial charge in [0.1, 0.15) is 6.26 Å². The SMILES string of the molecule is CC(C)(C)C1CCc2conc21. The highest BCUT2D eigenvalue weighted by Gasteiger charge is 2.34. The topological polar surface area (TPSA) is 26.0 Å². The minimum atomic E-state index is 0.322. The largest absolute Gasteiger partial charge is 0.364 e. The Balaban J connectivity index is 2.34. The van der Waals surface area contributed by atoms with Gasteiger partial charge in [0.2, 0.25) is 0 Å². The van der Waals surface area contributed by atoms with Crippen molar-refractivity contribution in [3.8, 4) is 0 Å². The highest BCUT2D eigenvalue weighted by Crippen LogP contribution is 2.43. The second kappa shape index (κ2) is 2.35. The first-order chi connectivity index (χ1) is 5.59. The highest BCUT2D eigenvalue weighted by atomic mass is 16.5. The van der Waals surface area contributed by atoms with Crippen molar-refractivity contribution < 1.29 is 4.52 Å². The van der Waals surface area contributed by atoms with E-state index in [2.05, 4.69) is 25.9 Å². The van der Waals surface area contributed by atoms with Crippen molar-refractivity contribution in [2.24, 2.45) is 5.41 Å². The van der Waals surface area contributed by atoms with Gasteiger partial charge in [-0.2, -0.15) is 0 Å². The van der Waals surface area contributed by atoms with Gasteiger partial charge in [-0.05, 0) is 18.3 Å². The summed E-state index contributed by atoms with van der Waals surface area (Å²) in [5.74, 6) is 0.589. The summed E-state index contributed by atoms with van der Waals surface area (Å²) in [6.45, 7) is 6.80. The van der Waals surface area contributed by atoms with Crippen LogP contribution in [-0.2, 0) is 6.42 Å². The molecule has 0 radical (unpaired) electrons. The second-order valence-corrected chi connectivity index (χ2v) is 4.68. The molecule has 1 aliphatic carbocycles. The van der Waals surface area contributed by atoms with Crippen LogP contribution in [-0.4, -0.2) is 5.16 Å². The number of hydrogen-bond acceptors (Lipinski definition) is 2. The molecular weight excluding hydrogens is 150 g/mol. The Hall–Kier alpha value is -0.790. The average molecular weight is 165 g/mol. The summed E-state index contributed by atoms with van der Waals surface area (Å²) in [5.41, 5.74) is 2.83. The zero-order valence-corrected chi connectivity index (χ0v) is 7.92. The van der Waals surface area contributed by atoms with Crippen LogP contribution in [0.3, 0.4) is 0 Å². The predicted octanol–water partition coefficient (Wildman–Crippen LogP) is 2.75. The Kier molecular flexibility index (Phi) is 1.53. The fourth-order valence-electron chi connectivity index (χ4n) is 2.02. The van der Waals surface area contributed by atoms with Gasteiger partial charge < -0.3 is 4.52 Å². The first kappa shape index (κ1) is 7.84. The average Bonchev–Trinajstić information content (AvgIpc) is 2.37. The van der Waals surface area contributed by atoms with Crippen LogP contribution in [0, 0.1) is 5.41 Å². The zero-order chi connectivity index (χ0) is 8.77. The molecule has 0 bridgehead atoms. The van der Waals surface area contributed by atoms with E-state index in [9.17, 15) is 0 Å². The van der Waals surface area contributed by atoms with Gasteiger partial charge in [-0.15, -0.1) is 0 Å². The molecular formula is C10H15NO. The number of aromatic nitrogens is 1. The Labute approximate surface area is 72.9 Å². The van der Waals surface area contributed by atoms with E-state index < -0.39 is 0 Å². The molecule has 1 atom stereocenters. The third-order valence-corrected chi connectivity index (χ3v) is 2.75. The number of aryl methyl sites for hydroxylation is 1. The quantitative estimate of drug-likeness (QED) is 0.590. The molecule has 2 nitrogen and oxygen atoms in total. The van der Waals surface area contributed by atoms with E-state index in [0.29, 0.717) is 11.3 Å². The maximum atomic E-state index is 4.96. The van der Waals surface area contributed by atoms with E-state index in [-0.39, 0.29) is 0 Å². The lowest BCUT2D eigenvalue weighted by Crippen LogP contribution is -2.16. The minimum Gasteiger partial charge on any atom is -0.364 e. The molecule has 12 heavy (non-hydrogen) atoms. The van der Waals surface area contributed by atoms with Crippen LogP contribution in [0.4, 0.5) is 0 Å². The van der Waals surface area contributed by atoms with Gasteiger partial charge in [0.15, 0.2) is 0 Å². The van der Waals surface area contributed by atoms with E-state index in [1.54, 1.807) is 6.26 Å². The summed E-state index contributed by atoms with van der Waals surface area (Å²) >= 11 is 0. The lowest BCUT2D eigenvalue weighted by atomic mass is 9.79. The van der Waals surface area contributed by atoms with Crippen LogP contribution >= 0.6 is 0 Å². The van der Waals surface area contributed by atoms with Crippen molar-refractivity contribution in [2.75, 3.05) is 0 Å². The monoisotopic (exact) mass is 165 g/mol. The fourth-order valence-corrected chi connectivity index (χ4v) is 2.02. The molecule has 0 fully saturated rings. The van der Waals surface area contributed by atoms with E-state index >= 15 is 0 Å². The first-order valence-electron chi connectivity index (χ1n) is 4.52. The molecule has 0 aliphatic heterocycles. The van der Waals surface area contributed by atoms with Gasteiger partial charge in [-0.25, -0.2) is 0 Å². The molecule has 0 spiro atoms. The summed E-state index contributed by atoms with van der Waals surface area (Å²) < 4.78 is 4.96. The number of hydrogen-bond donors (Lipinski definition) is 0. The fraction of sp³-hybridized carbons (Fsp3) is 0.700. The van der Waals surface area contributed by atoms with E-state index in [1.165, 1.54) is 17.7 Å². The molecule has 1 aromatic rings. The second-order valence-electron chi connectivity index (χ2n) is 4.68. The van der Waals surface area contributed by atoms with E-state index in [4.69, 9.17) is 4.52 Å². The standard InChI is InChI=1S/C10H15NO/c1-10(2,3)8-5-4-7-6-12-11-9(7)8/h6,8H,4-5H2,1-3H3. The maximum absolute atomic E-state index is 4.96. The maximum Gasteiger partial charge on any atom is 0.127 e. The lowest BCUT2D eigenvalue weighted by Gasteiger charge is -2.25. The van der Waals surface area contributed by atoms with Gasteiger partial charge >= 0.3 is 0 Å². The molecule has 1 aliphatic rings. The molecule has 2 heteroatoms. The Morgan fingerprint density at radius 1 is 1.50 bits per heavy atom.